The third-order valence-electron chi connectivity index (χ3n) is 3.67. The van der Waals surface area contributed by atoms with Crippen LogP contribution in [0.4, 0.5) is 0 Å². The molecule has 1 saturated carbocycles. The second kappa shape index (κ2) is 6.18. The lowest BCUT2D eigenvalue weighted by atomic mass is 10.1. The van der Waals surface area contributed by atoms with Crippen LogP contribution < -0.4 is 5.32 Å². The molecule has 2 fully saturated rings. The van der Waals surface area contributed by atoms with Crippen molar-refractivity contribution in [2.75, 3.05) is 19.6 Å². The maximum absolute atomic E-state index is 12.3. The Balaban J connectivity index is 1.93. The lowest BCUT2D eigenvalue weighted by Gasteiger charge is -2.25. The van der Waals surface area contributed by atoms with Gasteiger partial charge in [-0.3, -0.25) is 9.59 Å². The minimum atomic E-state index is -0.919. The fourth-order valence-corrected chi connectivity index (χ4v) is 2.47. The highest BCUT2D eigenvalue weighted by molar-refractivity contribution is 5.85. The van der Waals surface area contributed by atoms with E-state index in [-0.39, 0.29) is 18.5 Å². The maximum atomic E-state index is 12.3. The zero-order valence-corrected chi connectivity index (χ0v) is 10.7. The van der Waals surface area contributed by atoms with Crippen LogP contribution in [0.25, 0.3) is 0 Å². The van der Waals surface area contributed by atoms with E-state index >= 15 is 0 Å². The van der Waals surface area contributed by atoms with Gasteiger partial charge < -0.3 is 15.3 Å². The van der Waals surface area contributed by atoms with Gasteiger partial charge in [-0.25, -0.2) is 0 Å². The fraction of sp³-hybridized carbons (Fsp3) is 0.846. The first-order chi connectivity index (χ1) is 8.66. The van der Waals surface area contributed by atoms with Crippen molar-refractivity contribution in [3.63, 3.8) is 0 Å². The summed E-state index contributed by atoms with van der Waals surface area (Å²) in [7, 11) is 0. The molecule has 1 atom stereocenters. The summed E-state index contributed by atoms with van der Waals surface area (Å²) in [5.41, 5.74) is 0. The van der Waals surface area contributed by atoms with Crippen LogP contribution in [-0.2, 0) is 9.59 Å². The van der Waals surface area contributed by atoms with Gasteiger partial charge in [-0.15, -0.1) is 0 Å². The second-order valence-electron chi connectivity index (χ2n) is 5.41. The molecular formula is C13H22N2O3. The first-order valence-electron chi connectivity index (χ1n) is 6.91. The standard InChI is InChI=1S/C13H22N2O3/c16-12(17)9-15(8-10-5-6-10)13(18)11-4-2-1-3-7-14-11/h10-11,14H,1-9H2,(H,16,17). The number of hydrogen-bond donors (Lipinski definition) is 2. The molecule has 5 heteroatoms. The first-order valence-corrected chi connectivity index (χ1v) is 6.91. The largest absolute Gasteiger partial charge is 0.480 e. The van der Waals surface area contributed by atoms with Gasteiger partial charge in [0, 0.05) is 6.54 Å². The average Bonchev–Trinajstić information content (AvgIpc) is 3.13. The van der Waals surface area contributed by atoms with Crippen LogP contribution in [0.3, 0.4) is 0 Å². The molecule has 1 aliphatic heterocycles. The third kappa shape index (κ3) is 3.98. The van der Waals surface area contributed by atoms with Gasteiger partial charge in [-0.2, -0.15) is 0 Å². The number of carboxylic acids is 1. The summed E-state index contributed by atoms with van der Waals surface area (Å²) in [6.45, 7) is 1.32. The molecule has 5 nitrogen and oxygen atoms in total. The molecule has 2 N–H and O–H groups in total. The SMILES string of the molecule is O=C(O)CN(CC1CC1)C(=O)C1CCCCCN1. The Bertz CT molecular complexity index is 307. The van der Waals surface area contributed by atoms with Crippen LogP contribution in [0, 0.1) is 5.92 Å². The van der Waals surface area contributed by atoms with E-state index in [9.17, 15) is 9.59 Å². The Kier molecular flexibility index (Phi) is 4.58. The van der Waals surface area contributed by atoms with Gasteiger partial charge in [0.25, 0.3) is 0 Å². The normalized spacial score (nSPS) is 24.3. The molecule has 1 unspecified atom stereocenters. The fourth-order valence-electron chi connectivity index (χ4n) is 2.47. The maximum Gasteiger partial charge on any atom is 0.323 e. The van der Waals surface area contributed by atoms with Crippen LogP contribution >= 0.6 is 0 Å². The number of carboxylic acid groups (broad SMARTS) is 1. The van der Waals surface area contributed by atoms with Crippen molar-refractivity contribution >= 4 is 11.9 Å². The molecule has 1 aliphatic carbocycles. The zero-order valence-electron chi connectivity index (χ0n) is 10.7. The summed E-state index contributed by atoms with van der Waals surface area (Å²) in [5, 5.41) is 12.2. The summed E-state index contributed by atoms with van der Waals surface area (Å²) in [5.74, 6) is -0.414. The number of aliphatic carboxylic acids is 1. The number of nitrogens with one attached hydrogen (secondary N) is 1. The van der Waals surface area contributed by atoms with Gasteiger partial charge in [0.2, 0.25) is 5.91 Å². The Morgan fingerprint density at radius 1 is 1.17 bits per heavy atom. The van der Waals surface area contributed by atoms with Crippen LogP contribution in [0.5, 0.6) is 0 Å². The monoisotopic (exact) mass is 254 g/mol. The van der Waals surface area contributed by atoms with Crippen LogP contribution in [0.2, 0.25) is 0 Å². The van der Waals surface area contributed by atoms with Gasteiger partial charge in [0.05, 0.1) is 6.04 Å². The highest BCUT2D eigenvalue weighted by Crippen LogP contribution is 2.30. The second-order valence-corrected chi connectivity index (χ2v) is 5.41. The molecular weight excluding hydrogens is 232 g/mol. The van der Waals surface area contributed by atoms with E-state index in [0.717, 1.165) is 45.1 Å². The lowest BCUT2D eigenvalue weighted by Crippen LogP contribution is -2.48. The van der Waals surface area contributed by atoms with Crippen LogP contribution in [0.1, 0.15) is 38.5 Å². The minimum absolute atomic E-state index is 0.0220. The van der Waals surface area contributed by atoms with E-state index in [2.05, 4.69) is 5.32 Å². The molecule has 0 aromatic carbocycles. The van der Waals surface area contributed by atoms with Gasteiger partial charge in [0.15, 0.2) is 0 Å². The Morgan fingerprint density at radius 2 is 1.94 bits per heavy atom. The van der Waals surface area contributed by atoms with Gasteiger partial charge in [-0.05, 0) is 38.1 Å². The molecule has 2 rings (SSSR count). The van der Waals surface area contributed by atoms with Crippen LogP contribution in [-0.4, -0.2) is 47.6 Å². The van der Waals surface area contributed by atoms with Crippen molar-refractivity contribution in [3.8, 4) is 0 Å². The van der Waals surface area contributed by atoms with E-state index in [4.69, 9.17) is 5.11 Å². The number of amides is 1. The topological polar surface area (TPSA) is 69.6 Å². The molecule has 102 valence electrons. The molecule has 0 bridgehead atoms. The molecule has 18 heavy (non-hydrogen) atoms. The predicted molar refractivity (Wildman–Crippen MR) is 67.2 cm³/mol. The number of nitrogens with zero attached hydrogens (tertiary/aromatic N) is 1. The number of carbonyl (C=O) groups excluding carboxylic acids is 1. The minimum Gasteiger partial charge on any atom is -0.480 e. The zero-order chi connectivity index (χ0) is 13.0. The van der Waals surface area contributed by atoms with E-state index in [1.165, 1.54) is 4.90 Å². The molecule has 2 aliphatic rings. The molecule has 0 aromatic heterocycles. The Hall–Kier alpha value is -1.10. The average molecular weight is 254 g/mol. The van der Waals surface area contributed by atoms with Crippen molar-refractivity contribution in [1.29, 1.82) is 0 Å². The van der Waals surface area contributed by atoms with E-state index in [0.29, 0.717) is 12.5 Å². The summed E-state index contributed by atoms with van der Waals surface area (Å²) in [6, 6.07) is -0.175. The van der Waals surface area contributed by atoms with Crippen LogP contribution in [0.15, 0.2) is 0 Å². The molecule has 0 radical (unpaired) electrons. The molecule has 1 heterocycles. The molecule has 1 saturated heterocycles. The van der Waals surface area contributed by atoms with Gasteiger partial charge >= 0.3 is 5.97 Å². The van der Waals surface area contributed by atoms with Crippen molar-refractivity contribution in [1.82, 2.24) is 10.2 Å². The number of hydrogen-bond acceptors (Lipinski definition) is 3. The first kappa shape index (κ1) is 13.3. The molecule has 0 aromatic rings. The Labute approximate surface area is 108 Å². The van der Waals surface area contributed by atoms with Crippen molar-refractivity contribution < 1.29 is 14.7 Å². The van der Waals surface area contributed by atoms with E-state index in [1.54, 1.807) is 0 Å². The van der Waals surface area contributed by atoms with Gasteiger partial charge in [-0.1, -0.05) is 12.8 Å². The number of rotatable bonds is 5. The summed E-state index contributed by atoms with van der Waals surface area (Å²) in [4.78, 5) is 24.7. The highest BCUT2D eigenvalue weighted by Gasteiger charge is 2.31. The van der Waals surface area contributed by atoms with Crippen molar-refractivity contribution in [2.45, 2.75) is 44.6 Å². The number of carbonyl (C=O) groups is 2. The van der Waals surface area contributed by atoms with Gasteiger partial charge in [0.1, 0.15) is 6.54 Å². The highest BCUT2D eigenvalue weighted by atomic mass is 16.4. The smallest absolute Gasteiger partial charge is 0.323 e. The van der Waals surface area contributed by atoms with E-state index in [1.807, 2.05) is 0 Å². The quantitative estimate of drug-likeness (QED) is 0.763. The Morgan fingerprint density at radius 3 is 2.61 bits per heavy atom. The van der Waals surface area contributed by atoms with E-state index < -0.39 is 5.97 Å². The lowest BCUT2D eigenvalue weighted by molar-refractivity contribution is -0.145. The molecule has 1 amide bonds. The summed E-state index contributed by atoms with van der Waals surface area (Å²) >= 11 is 0. The van der Waals surface area contributed by atoms with Crippen molar-refractivity contribution in [3.05, 3.63) is 0 Å². The summed E-state index contributed by atoms with van der Waals surface area (Å²) in [6.07, 6.45) is 6.39. The predicted octanol–water partition coefficient (Wildman–Crippen LogP) is 0.842. The third-order valence-corrected chi connectivity index (χ3v) is 3.67. The van der Waals surface area contributed by atoms with Crippen molar-refractivity contribution in [2.24, 2.45) is 5.92 Å². The molecule has 0 spiro atoms. The summed E-state index contributed by atoms with van der Waals surface area (Å²) < 4.78 is 0.